The van der Waals surface area contributed by atoms with Crippen LogP contribution in [-0.4, -0.2) is 28.7 Å². The van der Waals surface area contributed by atoms with Crippen molar-refractivity contribution >= 4 is 35.5 Å². The lowest BCUT2D eigenvalue weighted by molar-refractivity contribution is 0.435. The first kappa shape index (κ1) is 19.3. The molecule has 0 aliphatic rings. The van der Waals surface area contributed by atoms with Crippen LogP contribution in [0.25, 0.3) is 11.5 Å². The fourth-order valence-electron chi connectivity index (χ4n) is 2.01. The third-order valence-corrected chi connectivity index (χ3v) is 5.05. The minimum absolute atomic E-state index is 0.118. The van der Waals surface area contributed by atoms with E-state index >= 15 is 0 Å². The van der Waals surface area contributed by atoms with E-state index in [1.54, 1.807) is 12.1 Å². The van der Waals surface area contributed by atoms with Gasteiger partial charge in [0.1, 0.15) is 0 Å². The van der Waals surface area contributed by atoms with Crippen molar-refractivity contribution in [1.82, 2.24) is 4.72 Å². The number of hydrogen-bond donors (Lipinski definition) is 2. The Kier molecular flexibility index (Phi) is 6.32. The Morgan fingerprint density at radius 3 is 2.75 bits per heavy atom. The Labute approximate surface area is 152 Å². The number of nitrogens with one attached hydrogen (secondary N) is 1. The highest BCUT2D eigenvalue weighted by atomic mass is 79.9. The number of aromatic hydroxyl groups is 1. The van der Waals surface area contributed by atoms with E-state index < -0.39 is 19.6 Å². The molecule has 0 amide bonds. The average molecular weight is 437 g/mol. The van der Waals surface area contributed by atoms with Crippen LogP contribution in [0.1, 0.15) is 17.0 Å². The van der Waals surface area contributed by atoms with Crippen LogP contribution in [0.4, 0.5) is 0 Å². The molecule has 24 heavy (non-hydrogen) atoms. The standard InChI is InChI=1S/C14H20BrNO6SSi/c1-24(2,3)22-14-11(17)13(10-5-4-8-20-10)21-12(14)9(15)6-7-16-23(18)19/h4-5,8-9,16-17H,6-7H2,1-3H3,(H,18,19)/p-1. The van der Waals surface area contributed by atoms with Gasteiger partial charge < -0.3 is 22.9 Å². The van der Waals surface area contributed by atoms with Crippen molar-refractivity contribution in [2.45, 2.75) is 30.9 Å². The number of furan rings is 2. The van der Waals surface area contributed by atoms with E-state index in [4.69, 9.17) is 13.3 Å². The summed E-state index contributed by atoms with van der Waals surface area (Å²) >= 11 is 1.14. The average Bonchev–Trinajstić information content (AvgIpc) is 3.06. The Morgan fingerprint density at radius 2 is 2.21 bits per heavy atom. The Bertz CT molecular complexity index is 697. The number of hydrogen-bond acceptors (Lipinski definition) is 6. The molecule has 7 nitrogen and oxygen atoms in total. The molecule has 0 bridgehead atoms. The van der Waals surface area contributed by atoms with Gasteiger partial charge in [0.2, 0.25) is 19.8 Å². The van der Waals surface area contributed by atoms with Crippen LogP contribution in [-0.2, 0) is 11.3 Å². The molecule has 2 rings (SSSR count). The van der Waals surface area contributed by atoms with Gasteiger partial charge in [-0.1, -0.05) is 15.9 Å². The first-order valence-electron chi connectivity index (χ1n) is 7.24. The van der Waals surface area contributed by atoms with Gasteiger partial charge in [-0.3, -0.25) is 4.21 Å². The predicted molar refractivity (Wildman–Crippen MR) is 95.3 cm³/mol. The molecule has 0 radical (unpaired) electrons. The monoisotopic (exact) mass is 436 g/mol. The van der Waals surface area contributed by atoms with Crippen molar-refractivity contribution in [3.63, 3.8) is 0 Å². The van der Waals surface area contributed by atoms with Crippen molar-refractivity contribution in [3.05, 3.63) is 24.2 Å². The second-order valence-corrected chi connectivity index (χ2v) is 12.3. The molecule has 2 N–H and O–H groups in total. The fraction of sp³-hybridized carbons (Fsp3) is 0.429. The van der Waals surface area contributed by atoms with Gasteiger partial charge in [0.05, 0.1) is 11.1 Å². The molecular formula is C14H19BrNO6SSi-. The number of halogens is 1. The molecule has 0 spiro atoms. The zero-order valence-corrected chi connectivity index (χ0v) is 16.9. The summed E-state index contributed by atoms with van der Waals surface area (Å²) in [5, 5.41) is 10.5. The van der Waals surface area contributed by atoms with E-state index in [9.17, 15) is 13.9 Å². The van der Waals surface area contributed by atoms with Gasteiger partial charge in [0.15, 0.2) is 17.3 Å². The number of rotatable bonds is 8. The van der Waals surface area contributed by atoms with Gasteiger partial charge in [-0.25, -0.2) is 4.72 Å². The molecule has 0 aromatic carbocycles. The van der Waals surface area contributed by atoms with E-state index in [1.165, 1.54) is 6.26 Å². The van der Waals surface area contributed by atoms with Crippen molar-refractivity contribution in [1.29, 1.82) is 0 Å². The van der Waals surface area contributed by atoms with Crippen LogP contribution in [0.5, 0.6) is 11.5 Å². The molecule has 2 unspecified atom stereocenters. The third-order valence-electron chi connectivity index (χ3n) is 2.92. The van der Waals surface area contributed by atoms with Crippen LogP contribution in [0.3, 0.4) is 0 Å². The van der Waals surface area contributed by atoms with Gasteiger partial charge in [0.25, 0.3) is 0 Å². The Hall–Kier alpha value is -1.07. The van der Waals surface area contributed by atoms with Gasteiger partial charge in [0, 0.05) is 17.8 Å². The molecule has 0 saturated carbocycles. The molecule has 0 fully saturated rings. The molecule has 2 aromatic rings. The second kappa shape index (κ2) is 7.87. The molecule has 2 heterocycles. The van der Waals surface area contributed by atoms with E-state index in [0.29, 0.717) is 17.9 Å². The molecule has 0 aliphatic heterocycles. The molecule has 10 heteroatoms. The van der Waals surface area contributed by atoms with Gasteiger partial charge in [-0.2, -0.15) is 0 Å². The second-order valence-electron chi connectivity index (χ2n) is 6.05. The van der Waals surface area contributed by atoms with Crippen LogP contribution >= 0.6 is 15.9 Å². The summed E-state index contributed by atoms with van der Waals surface area (Å²) in [6.45, 7) is 6.18. The van der Waals surface area contributed by atoms with Crippen molar-refractivity contribution in [2.75, 3.05) is 6.54 Å². The van der Waals surface area contributed by atoms with Gasteiger partial charge in [-0.05, 0) is 38.2 Å². The summed E-state index contributed by atoms with van der Waals surface area (Å²) in [5.74, 6) is 1.13. The van der Waals surface area contributed by atoms with Crippen molar-refractivity contribution < 1.29 is 27.1 Å². The molecule has 0 saturated heterocycles. The molecule has 134 valence electrons. The highest BCUT2D eigenvalue weighted by Gasteiger charge is 2.31. The summed E-state index contributed by atoms with van der Waals surface area (Å²) in [6.07, 6.45) is 1.90. The van der Waals surface area contributed by atoms with E-state index in [2.05, 4.69) is 20.7 Å². The molecule has 2 aromatic heterocycles. The predicted octanol–water partition coefficient (Wildman–Crippen LogP) is 3.67. The Balaban J connectivity index is 2.33. The highest BCUT2D eigenvalue weighted by Crippen LogP contribution is 2.48. The van der Waals surface area contributed by atoms with E-state index in [-0.39, 0.29) is 28.6 Å². The first-order chi connectivity index (χ1) is 11.2. The van der Waals surface area contributed by atoms with Gasteiger partial charge >= 0.3 is 0 Å². The molecule has 2 atom stereocenters. The topological polar surface area (TPSA) is 108 Å². The molecule has 0 aliphatic carbocycles. The smallest absolute Gasteiger partial charge is 0.242 e. The van der Waals surface area contributed by atoms with E-state index in [0.717, 1.165) is 0 Å². The first-order valence-corrected chi connectivity index (χ1v) is 12.6. The normalized spacial score (nSPS) is 14.5. The zero-order valence-electron chi connectivity index (χ0n) is 13.5. The molecular weight excluding hydrogens is 418 g/mol. The lowest BCUT2D eigenvalue weighted by Gasteiger charge is -2.20. The van der Waals surface area contributed by atoms with Crippen LogP contribution in [0.15, 0.2) is 27.2 Å². The summed E-state index contributed by atoms with van der Waals surface area (Å²) < 4.78 is 40.5. The highest BCUT2D eigenvalue weighted by molar-refractivity contribution is 9.09. The summed E-state index contributed by atoms with van der Waals surface area (Å²) in [7, 11) is -2.01. The van der Waals surface area contributed by atoms with Crippen LogP contribution in [0, 0.1) is 0 Å². The third kappa shape index (κ3) is 4.96. The SMILES string of the molecule is C[Si](C)(C)Oc1c(C(Br)CCNS(=O)[O-])oc(-c2ccco2)c1O. The quantitative estimate of drug-likeness (QED) is 0.371. The summed E-state index contributed by atoms with van der Waals surface area (Å²) in [5.41, 5.74) is 0. The minimum atomic E-state index is -2.32. The van der Waals surface area contributed by atoms with Crippen molar-refractivity contribution in [3.8, 4) is 23.0 Å². The maximum Gasteiger partial charge on any atom is 0.242 e. The van der Waals surface area contributed by atoms with Crippen molar-refractivity contribution in [2.24, 2.45) is 0 Å². The Morgan fingerprint density at radius 1 is 1.50 bits per heavy atom. The lowest BCUT2D eigenvalue weighted by atomic mass is 10.2. The lowest BCUT2D eigenvalue weighted by Crippen LogP contribution is -2.29. The van der Waals surface area contributed by atoms with E-state index in [1.807, 2.05) is 19.6 Å². The van der Waals surface area contributed by atoms with Crippen LogP contribution < -0.4 is 9.15 Å². The minimum Gasteiger partial charge on any atom is -0.760 e. The fourth-order valence-corrected chi connectivity index (χ4v) is 3.63. The maximum atomic E-state index is 10.6. The summed E-state index contributed by atoms with van der Waals surface area (Å²) in [6, 6.07) is 3.36. The summed E-state index contributed by atoms with van der Waals surface area (Å²) in [4.78, 5) is -0.338. The van der Waals surface area contributed by atoms with Gasteiger partial charge in [-0.15, -0.1) is 0 Å². The maximum absolute atomic E-state index is 10.6. The number of alkyl halides is 1. The largest absolute Gasteiger partial charge is 0.760 e. The zero-order chi connectivity index (χ0) is 17.9. The van der Waals surface area contributed by atoms with Crippen LogP contribution in [0.2, 0.25) is 19.6 Å².